The molecule has 0 aliphatic carbocycles. The second-order valence-electron chi connectivity index (χ2n) is 5.03. The molecular formula is C15H20N4O2. The van der Waals surface area contributed by atoms with E-state index >= 15 is 0 Å². The zero-order valence-corrected chi connectivity index (χ0v) is 12.2. The summed E-state index contributed by atoms with van der Waals surface area (Å²) in [5.74, 6) is -0.0684. The van der Waals surface area contributed by atoms with Gasteiger partial charge in [-0.15, -0.1) is 0 Å². The van der Waals surface area contributed by atoms with Crippen LogP contribution in [0.15, 0.2) is 30.5 Å². The number of aliphatic hydroxyl groups excluding tert-OH is 1. The summed E-state index contributed by atoms with van der Waals surface area (Å²) in [5, 5.41) is 19.0. The predicted molar refractivity (Wildman–Crippen MR) is 79.6 cm³/mol. The Kier molecular flexibility index (Phi) is 5.05. The lowest BCUT2D eigenvalue weighted by atomic mass is 10.00. The van der Waals surface area contributed by atoms with Gasteiger partial charge in [0.15, 0.2) is 0 Å². The first-order chi connectivity index (χ1) is 10.2. The number of aliphatic hydroxyl groups is 1. The molecule has 1 amide bonds. The van der Waals surface area contributed by atoms with E-state index in [4.69, 9.17) is 0 Å². The Morgan fingerprint density at radius 2 is 2.24 bits per heavy atom. The Bertz CT molecular complexity index is 582. The van der Waals surface area contributed by atoms with Crippen molar-refractivity contribution in [2.24, 2.45) is 5.92 Å². The number of amides is 1. The minimum atomic E-state index is -0.274. The molecule has 2 heterocycles. The molecule has 0 saturated heterocycles. The Morgan fingerprint density at radius 1 is 1.43 bits per heavy atom. The van der Waals surface area contributed by atoms with Gasteiger partial charge >= 0.3 is 0 Å². The molecule has 2 rings (SSSR count). The number of hydrogen-bond acceptors (Lipinski definition) is 4. The number of aromatic nitrogens is 3. The Balaban J connectivity index is 2.09. The maximum Gasteiger partial charge on any atom is 0.269 e. The van der Waals surface area contributed by atoms with Gasteiger partial charge in [-0.3, -0.25) is 14.9 Å². The summed E-state index contributed by atoms with van der Waals surface area (Å²) < 4.78 is 0. The summed E-state index contributed by atoms with van der Waals surface area (Å²) in [6.45, 7) is 3.93. The molecule has 0 spiro atoms. The number of carbonyl (C=O) groups is 1. The summed E-state index contributed by atoms with van der Waals surface area (Å²) in [4.78, 5) is 16.4. The predicted octanol–water partition coefficient (Wildman–Crippen LogP) is 1.61. The highest BCUT2D eigenvalue weighted by atomic mass is 16.3. The monoisotopic (exact) mass is 288 g/mol. The van der Waals surface area contributed by atoms with Crippen LogP contribution in [0.5, 0.6) is 0 Å². The first-order valence-corrected chi connectivity index (χ1v) is 7.04. The Hall–Kier alpha value is -2.21. The van der Waals surface area contributed by atoms with Crippen LogP contribution in [0.3, 0.4) is 0 Å². The molecule has 0 radical (unpaired) electrons. The highest BCUT2D eigenvalue weighted by Gasteiger charge is 2.19. The molecule has 2 aromatic rings. The van der Waals surface area contributed by atoms with E-state index in [9.17, 15) is 9.90 Å². The number of nitrogens with zero attached hydrogens (tertiary/aromatic N) is 2. The molecule has 2 aromatic heterocycles. The van der Waals surface area contributed by atoms with Crippen molar-refractivity contribution >= 4 is 5.91 Å². The number of pyridine rings is 1. The summed E-state index contributed by atoms with van der Waals surface area (Å²) in [5.41, 5.74) is 1.68. The number of H-pyrrole nitrogens is 1. The molecule has 0 fully saturated rings. The first-order valence-electron chi connectivity index (χ1n) is 7.04. The standard InChI is InChI=1S/C15H20N4O2/c1-3-10(2)14(9-20)17-15(21)13-8-12(18-19-13)11-6-4-5-7-16-11/h4-8,10,14,20H,3,9H2,1-2H3,(H,17,21)(H,18,19)/t10-,14+/m1/s1. The second kappa shape index (κ2) is 6.99. The second-order valence-corrected chi connectivity index (χ2v) is 5.03. The van der Waals surface area contributed by atoms with E-state index in [1.807, 2.05) is 32.0 Å². The molecular weight excluding hydrogens is 268 g/mol. The van der Waals surface area contributed by atoms with E-state index in [-0.39, 0.29) is 24.5 Å². The van der Waals surface area contributed by atoms with Crippen LogP contribution in [0.25, 0.3) is 11.4 Å². The molecule has 2 atom stereocenters. The van der Waals surface area contributed by atoms with Gasteiger partial charge < -0.3 is 10.4 Å². The van der Waals surface area contributed by atoms with Crippen LogP contribution in [0, 0.1) is 5.92 Å². The fourth-order valence-corrected chi connectivity index (χ4v) is 1.98. The van der Waals surface area contributed by atoms with Gasteiger partial charge in [0.2, 0.25) is 0 Å². The van der Waals surface area contributed by atoms with Gasteiger partial charge in [-0.25, -0.2) is 0 Å². The van der Waals surface area contributed by atoms with Crippen LogP contribution in [0.2, 0.25) is 0 Å². The topological polar surface area (TPSA) is 90.9 Å². The lowest BCUT2D eigenvalue weighted by Gasteiger charge is -2.21. The van der Waals surface area contributed by atoms with E-state index < -0.39 is 0 Å². The molecule has 0 aliphatic heterocycles. The van der Waals surface area contributed by atoms with Crippen molar-refractivity contribution in [2.75, 3.05) is 6.61 Å². The molecule has 0 bridgehead atoms. The molecule has 3 N–H and O–H groups in total. The van der Waals surface area contributed by atoms with Crippen molar-refractivity contribution in [3.05, 3.63) is 36.2 Å². The average Bonchev–Trinajstić information content (AvgIpc) is 3.02. The minimum absolute atomic E-state index is 0.0814. The van der Waals surface area contributed by atoms with Crippen molar-refractivity contribution in [3.63, 3.8) is 0 Å². The maximum atomic E-state index is 12.2. The molecule has 21 heavy (non-hydrogen) atoms. The summed E-state index contributed by atoms with van der Waals surface area (Å²) in [7, 11) is 0. The molecule has 0 unspecified atom stereocenters. The van der Waals surface area contributed by atoms with Crippen LogP contribution in [0.1, 0.15) is 30.8 Å². The summed E-state index contributed by atoms with van der Waals surface area (Å²) >= 11 is 0. The molecule has 0 aromatic carbocycles. The first kappa shape index (κ1) is 15.2. The SMILES string of the molecule is CC[C@@H](C)[C@H](CO)NC(=O)c1cc(-c2ccccn2)n[nH]1. The van der Waals surface area contributed by atoms with Gasteiger partial charge in [-0.1, -0.05) is 26.3 Å². The lowest BCUT2D eigenvalue weighted by molar-refractivity contribution is 0.0886. The number of rotatable bonds is 6. The number of hydrogen-bond donors (Lipinski definition) is 3. The molecule has 112 valence electrons. The van der Waals surface area contributed by atoms with Crippen molar-refractivity contribution in [2.45, 2.75) is 26.3 Å². The van der Waals surface area contributed by atoms with Gasteiger partial charge in [0.25, 0.3) is 5.91 Å². The van der Waals surface area contributed by atoms with E-state index in [1.54, 1.807) is 12.3 Å². The number of carbonyl (C=O) groups excluding carboxylic acids is 1. The van der Waals surface area contributed by atoms with E-state index in [2.05, 4.69) is 20.5 Å². The lowest BCUT2D eigenvalue weighted by Crippen LogP contribution is -2.42. The largest absolute Gasteiger partial charge is 0.394 e. The Morgan fingerprint density at radius 3 is 2.86 bits per heavy atom. The fraction of sp³-hybridized carbons (Fsp3) is 0.400. The normalized spacial score (nSPS) is 13.7. The van der Waals surface area contributed by atoms with E-state index in [0.29, 0.717) is 17.1 Å². The zero-order valence-electron chi connectivity index (χ0n) is 12.2. The van der Waals surface area contributed by atoms with Crippen molar-refractivity contribution in [1.29, 1.82) is 0 Å². The third-order valence-electron chi connectivity index (χ3n) is 3.59. The summed E-state index contributed by atoms with van der Waals surface area (Å²) in [6, 6.07) is 6.91. The molecule has 6 nitrogen and oxygen atoms in total. The van der Waals surface area contributed by atoms with Crippen LogP contribution in [0.4, 0.5) is 0 Å². The average molecular weight is 288 g/mol. The maximum absolute atomic E-state index is 12.2. The third-order valence-corrected chi connectivity index (χ3v) is 3.59. The van der Waals surface area contributed by atoms with E-state index in [1.165, 1.54) is 0 Å². The van der Waals surface area contributed by atoms with Crippen LogP contribution in [-0.4, -0.2) is 38.8 Å². The minimum Gasteiger partial charge on any atom is -0.394 e. The van der Waals surface area contributed by atoms with Gasteiger partial charge in [-0.2, -0.15) is 5.10 Å². The quantitative estimate of drug-likeness (QED) is 0.753. The van der Waals surface area contributed by atoms with Crippen molar-refractivity contribution in [3.8, 4) is 11.4 Å². The highest BCUT2D eigenvalue weighted by molar-refractivity contribution is 5.93. The molecule has 0 aliphatic rings. The van der Waals surface area contributed by atoms with Crippen LogP contribution >= 0.6 is 0 Å². The number of nitrogens with one attached hydrogen (secondary N) is 2. The van der Waals surface area contributed by atoms with Crippen LogP contribution in [-0.2, 0) is 0 Å². The smallest absolute Gasteiger partial charge is 0.269 e. The van der Waals surface area contributed by atoms with Gasteiger partial charge in [-0.05, 0) is 24.1 Å². The fourth-order valence-electron chi connectivity index (χ4n) is 1.98. The third kappa shape index (κ3) is 3.66. The van der Waals surface area contributed by atoms with Crippen molar-refractivity contribution in [1.82, 2.24) is 20.5 Å². The summed E-state index contributed by atoms with van der Waals surface area (Å²) in [6.07, 6.45) is 2.56. The Labute approximate surface area is 123 Å². The zero-order chi connectivity index (χ0) is 15.2. The molecule has 6 heteroatoms. The number of aromatic amines is 1. The van der Waals surface area contributed by atoms with Gasteiger partial charge in [0.05, 0.1) is 18.3 Å². The van der Waals surface area contributed by atoms with Crippen molar-refractivity contribution < 1.29 is 9.90 Å². The van der Waals surface area contributed by atoms with E-state index in [0.717, 1.165) is 6.42 Å². The van der Waals surface area contributed by atoms with Gasteiger partial charge in [0.1, 0.15) is 11.4 Å². The van der Waals surface area contributed by atoms with Gasteiger partial charge in [0, 0.05) is 6.20 Å². The van der Waals surface area contributed by atoms with Crippen LogP contribution < -0.4 is 5.32 Å². The molecule has 0 saturated carbocycles. The highest BCUT2D eigenvalue weighted by Crippen LogP contribution is 2.14.